The minimum Gasteiger partial charge on any atom is -0.493 e. The van der Waals surface area contributed by atoms with Gasteiger partial charge in [0.25, 0.3) is 0 Å². The average Bonchev–Trinajstić information content (AvgIpc) is 2.71. The number of nitrogens with one attached hydrogen (secondary N) is 2. The number of guanidine groups is 1. The van der Waals surface area contributed by atoms with Gasteiger partial charge in [-0.2, -0.15) is 0 Å². The molecule has 0 atom stereocenters. The largest absolute Gasteiger partial charge is 0.493 e. The quantitative estimate of drug-likeness (QED) is 0.422. The van der Waals surface area contributed by atoms with Gasteiger partial charge in [-0.1, -0.05) is 6.07 Å². The highest BCUT2D eigenvalue weighted by molar-refractivity contribution is 7.90. The molecule has 2 rings (SSSR count). The normalized spacial score (nSPS) is 16.3. The summed E-state index contributed by atoms with van der Waals surface area (Å²) in [6.07, 6.45) is 3.22. The molecule has 1 aromatic rings. The molecule has 0 radical (unpaired) electrons. The Bertz CT molecular complexity index is 790. The van der Waals surface area contributed by atoms with Crippen molar-refractivity contribution in [3.05, 3.63) is 23.8 Å². The maximum absolute atomic E-state index is 11.4. The molecule has 0 unspecified atom stereocenters. The second-order valence-corrected chi connectivity index (χ2v) is 9.76. The van der Waals surface area contributed by atoms with Crippen LogP contribution in [0.3, 0.4) is 0 Å². The summed E-state index contributed by atoms with van der Waals surface area (Å²) in [7, 11) is -1.28. The first-order valence-corrected chi connectivity index (χ1v) is 12.6. The fourth-order valence-corrected chi connectivity index (χ4v) is 3.96. The number of aliphatic imine (C=N–C) groups is 1. The first-order chi connectivity index (χ1) is 14.3. The van der Waals surface area contributed by atoms with E-state index in [1.54, 1.807) is 7.11 Å². The Balaban J connectivity index is 1.91. The van der Waals surface area contributed by atoms with Gasteiger partial charge >= 0.3 is 0 Å². The highest BCUT2D eigenvalue weighted by Gasteiger charge is 2.20. The Morgan fingerprint density at radius 2 is 1.97 bits per heavy atom. The smallest absolute Gasteiger partial charge is 0.191 e. The molecule has 9 heteroatoms. The number of hydrogen-bond donors (Lipinski definition) is 2. The molecule has 0 aromatic heterocycles. The molecule has 8 nitrogen and oxygen atoms in total. The van der Waals surface area contributed by atoms with Gasteiger partial charge in [0.1, 0.15) is 9.84 Å². The first-order valence-electron chi connectivity index (χ1n) is 10.6. The Morgan fingerprint density at radius 1 is 1.23 bits per heavy atom. The van der Waals surface area contributed by atoms with E-state index in [-0.39, 0.29) is 5.75 Å². The summed E-state index contributed by atoms with van der Waals surface area (Å²) in [5, 5.41) is 6.83. The van der Waals surface area contributed by atoms with Crippen LogP contribution in [0, 0.1) is 0 Å². The van der Waals surface area contributed by atoms with E-state index in [9.17, 15) is 8.42 Å². The molecule has 1 heterocycles. The summed E-state index contributed by atoms with van der Waals surface area (Å²) in [5.41, 5.74) is 1.05. The number of rotatable bonds is 10. The van der Waals surface area contributed by atoms with Crippen LogP contribution >= 0.6 is 0 Å². The van der Waals surface area contributed by atoms with Crippen LogP contribution in [0.4, 0.5) is 0 Å². The van der Waals surface area contributed by atoms with Crippen LogP contribution in [0.1, 0.15) is 32.3 Å². The van der Waals surface area contributed by atoms with Gasteiger partial charge in [0.2, 0.25) is 0 Å². The molecular formula is C21H36N4O4S. The third-order valence-electron chi connectivity index (χ3n) is 5.00. The standard InChI is InChI=1S/C21H36N4O4S/c1-5-22-21(23-16-17-7-8-19(28-3)20(15-17)29-6-2)24-18-9-11-25(12-10-18)13-14-30(4,26)27/h7-8,15,18H,5-6,9-14,16H2,1-4H3,(H2,22,23,24). The molecule has 0 spiro atoms. The number of sulfone groups is 1. The Kier molecular flexibility index (Phi) is 9.71. The lowest BCUT2D eigenvalue weighted by Crippen LogP contribution is -2.49. The number of piperidine rings is 1. The van der Waals surface area contributed by atoms with Crippen LogP contribution in [-0.4, -0.2) is 77.2 Å². The number of ether oxygens (including phenoxy) is 2. The summed E-state index contributed by atoms with van der Waals surface area (Å²) in [6, 6.07) is 6.19. The van der Waals surface area contributed by atoms with Gasteiger partial charge in [0.15, 0.2) is 17.5 Å². The third kappa shape index (κ3) is 8.39. The number of hydrogen-bond acceptors (Lipinski definition) is 6. The molecule has 30 heavy (non-hydrogen) atoms. The Morgan fingerprint density at radius 3 is 2.57 bits per heavy atom. The van der Waals surface area contributed by atoms with Gasteiger partial charge in [-0.3, -0.25) is 0 Å². The van der Waals surface area contributed by atoms with E-state index in [4.69, 9.17) is 14.5 Å². The maximum atomic E-state index is 11.4. The molecular weight excluding hydrogens is 404 g/mol. The van der Waals surface area contributed by atoms with Crippen molar-refractivity contribution in [2.45, 2.75) is 39.3 Å². The minimum atomic E-state index is -2.91. The Labute approximate surface area is 181 Å². The topological polar surface area (TPSA) is 92.3 Å². The molecule has 0 amide bonds. The summed E-state index contributed by atoms with van der Waals surface area (Å²) in [4.78, 5) is 6.95. The fourth-order valence-electron chi connectivity index (χ4n) is 3.37. The van der Waals surface area contributed by atoms with E-state index in [0.29, 0.717) is 25.7 Å². The minimum absolute atomic E-state index is 0.223. The second kappa shape index (κ2) is 12.0. The number of methoxy groups -OCH3 is 1. The van der Waals surface area contributed by atoms with Crippen LogP contribution in [0.2, 0.25) is 0 Å². The molecule has 1 saturated heterocycles. The molecule has 2 N–H and O–H groups in total. The van der Waals surface area contributed by atoms with Gasteiger partial charge in [-0.25, -0.2) is 13.4 Å². The van der Waals surface area contributed by atoms with Gasteiger partial charge in [-0.05, 0) is 44.4 Å². The highest BCUT2D eigenvalue weighted by Crippen LogP contribution is 2.28. The lowest BCUT2D eigenvalue weighted by atomic mass is 10.1. The predicted molar refractivity (Wildman–Crippen MR) is 121 cm³/mol. The van der Waals surface area contributed by atoms with E-state index in [0.717, 1.165) is 55.5 Å². The lowest BCUT2D eigenvalue weighted by Gasteiger charge is -2.32. The van der Waals surface area contributed by atoms with Gasteiger partial charge < -0.3 is 25.0 Å². The molecule has 1 aliphatic heterocycles. The van der Waals surface area contributed by atoms with Crippen molar-refractivity contribution in [3.63, 3.8) is 0 Å². The van der Waals surface area contributed by atoms with Gasteiger partial charge in [0.05, 0.1) is 26.0 Å². The second-order valence-electron chi connectivity index (χ2n) is 7.50. The number of likely N-dealkylation sites (tertiary alicyclic amines) is 1. The lowest BCUT2D eigenvalue weighted by molar-refractivity contribution is 0.216. The maximum Gasteiger partial charge on any atom is 0.191 e. The summed E-state index contributed by atoms with van der Waals surface area (Å²) in [6.45, 7) is 8.29. The first kappa shape index (κ1) is 24.3. The number of benzene rings is 1. The van der Waals surface area contributed by atoms with Crippen molar-refractivity contribution in [1.29, 1.82) is 0 Å². The fraction of sp³-hybridized carbons (Fsp3) is 0.667. The van der Waals surface area contributed by atoms with E-state index in [2.05, 4.69) is 15.5 Å². The highest BCUT2D eigenvalue weighted by atomic mass is 32.2. The molecule has 170 valence electrons. The van der Waals surface area contributed by atoms with E-state index >= 15 is 0 Å². The van der Waals surface area contributed by atoms with Crippen LogP contribution in [0.25, 0.3) is 0 Å². The predicted octanol–water partition coefficient (Wildman–Crippen LogP) is 1.66. The van der Waals surface area contributed by atoms with Crippen molar-refractivity contribution in [1.82, 2.24) is 15.5 Å². The molecule has 0 bridgehead atoms. The van der Waals surface area contributed by atoms with E-state index in [1.165, 1.54) is 6.26 Å². The number of nitrogens with zero attached hydrogens (tertiary/aromatic N) is 2. The average molecular weight is 441 g/mol. The SMILES string of the molecule is CCNC(=NCc1ccc(OC)c(OCC)c1)NC1CCN(CCS(C)(=O)=O)CC1. The van der Waals surface area contributed by atoms with Crippen LogP contribution in [0.15, 0.2) is 23.2 Å². The van der Waals surface area contributed by atoms with Crippen molar-refractivity contribution in [2.24, 2.45) is 4.99 Å². The zero-order valence-electron chi connectivity index (χ0n) is 18.6. The zero-order valence-corrected chi connectivity index (χ0v) is 19.4. The van der Waals surface area contributed by atoms with Crippen molar-refractivity contribution in [3.8, 4) is 11.5 Å². The van der Waals surface area contributed by atoms with E-state index < -0.39 is 9.84 Å². The molecule has 0 saturated carbocycles. The van der Waals surface area contributed by atoms with Crippen LogP contribution in [-0.2, 0) is 16.4 Å². The molecule has 1 aliphatic rings. The Hall–Kier alpha value is -2.00. The molecule has 1 fully saturated rings. The van der Waals surface area contributed by atoms with Gasteiger partial charge in [-0.15, -0.1) is 0 Å². The summed E-state index contributed by atoms with van der Waals surface area (Å²) < 4.78 is 33.7. The van der Waals surface area contributed by atoms with Crippen molar-refractivity contribution in [2.75, 3.05) is 51.9 Å². The van der Waals surface area contributed by atoms with Crippen LogP contribution < -0.4 is 20.1 Å². The third-order valence-corrected chi connectivity index (χ3v) is 5.92. The van der Waals surface area contributed by atoms with Gasteiger partial charge in [0, 0.05) is 38.5 Å². The molecule has 1 aromatic carbocycles. The van der Waals surface area contributed by atoms with Crippen molar-refractivity contribution >= 4 is 15.8 Å². The monoisotopic (exact) mass is 440 g/mol. The summed E-state index contributed by atoms with van der Waals surface area (Å²) >= 11 is 0. The van der Waals surface area contributed by atoms with Crippen molar-refractivity contribution < 1.29 is 17.9 Å². The van der Waals surface area contributed by atoms with E-state index in [1.807, 2.05) is 32.0 Å². The molecule has 0 aliphatic carbocycles. The summed E-state index contributed by atoms with van der Waals surface area (Å²) in [5.74, 6) is 2.46. The zero-order chi connectivity index (χ0) is 22.0. The van der Waals surface area contributed by atoms with Crippen LogP contribution in [0.5, 0.6) is 11.5 Å².